The van der Waals surface area contributed by atoms with E-state index in [1.54, 1.807) is 0 Å². The molecule has 9 heavy (non-hydrogen) atoms. The summed E-state index contributed by atoms with van der Waals surface area (Å²) >= 11 is 0. The molecule has 54 valence electrons. The molecule has 0 aliphatic rings. The molecule has 0 aliphatic heterocycles. The van der Waals surface area contributed by atoms with Crippen LogP contribution in [0.4, 0.5) is 4.39 Å². The molecule has 0 amide bonds. The highest BCUT2D eigenvalue weighted by Crippen LogP contribution is 1.90. The Bertz CT molecular complexity index is 108. The first-order valence-corrected chi connectivity index (χ1v) is 2.32. The van der Waals surface area contributed by atoms with Gasteiger partial charge in [-0.05, 0) is 0 Å². The predicted octanol–water partition coefficient (Wildman–Crippen LogP) is -1.27. The lowest BCUT2D eigenvalue weighted by atomic mass is 10.2. The van der Waals surface area contributed by atoms with Gasteiger partial charge in [-0.3, -0.25) is 4.79 Å². The van der Waals surface area contributed by atoms with Crippen molar-refractivity contribution in [2.24, 2.45) is 5.73 Å². The van der Waals surface area contributed by atoms with Gasteiger partial charge < -0.3 is 15.9 Å². The molecule has 4 N–H and O–H groups in total. The van der Waals surface area contributed by atoms with Crippen LogP contribution in [-0.4, -0.2) is 35.0 Å². The second kappa shape index (κ2) is 3.37. The number of carboxylic acid groups (broad SMARTS) is 1. The lowest BCUT2D eigenvalue weighted by molar-refractivity contribution is -0.141. The molecule has 0 fully saturated rings. The second-order valence-corrected chi connectivity index (χ2v) is 1.59. The van der Waals surface area contributed by atoms with E-state index in [9.17, 15) is 9.18 Å². The Labute approximate surface area is 51.1 Å². The van der Waals surface area contributed by atoms with Crippen LogP contribution in [0.5, 0.6) is 0 Å². The smallest absolute Gasteiger partial charge is 0.323 e. The van der Waals surface area contributed by atoms with Crippen LogP contribution < -0.4 is 5.73 Å². The summed E-state index contributed by atoms with van der Waals surface area (Å²) in [6.45, 7) is -1.13. The van der Waals surface area contributed by atoms with E-state index < -0.39 is 24.8 Å². The fourth-order valence-corrected chi connectivity index (χ4v) is 0.261. The molecule has 1 unspecified atom stereocenters. The van der Waals surface area contributed by atoms with Crippen molar-refractivity contribution >= 4 is 5.97 Å². The summed E-state index contributed by atoms with van der Waals surface area (Å²) in [5.41, 5.74) is 4.78. The average Bonchev–Trinajstić information content (AvgIpc) is 1.84. The van der Waals surface area contributed by atoms with Crippen molar-refractivity contribution in [3.63, 3.8) is 0 Å². The minimum atomic E-state index is -1.59. The number of alkyl halides is 1. The van der Waals surface area contributed by atoms with Crippen molar-refractivity contribution < 1.29 is 19.4 Å². The molecule has 4 nitrogen and oxygen atoms in total. The van der Waals surface area contributed by atoms with Crippen molar-refractivity contribution in [1.29, 1.82) is 0 Å². The summed E-state index contributed by atoms with van der Waals surface area (Å²) < 4.78 is 11.4. The van der Waals surface area contributed by atoms with E-state index >= 15 is 0 Å². The van der Waals surface area contributed by atoms with E-state index in [2.05, 4.69) is 0 Å². The van der Waals surface area contributed by atoms with Gasteiger partial charge in [-0.1, -0.05) is 0 Å². The summed E-state index contributed by atoms with van der Waals surface area (Å²) in [6.07, 6.45) is -1.59. The first-order valence-electron chi connectivity index (χ1n) is 2.32. The van der Waals surface area contributed by atoms with E-state index in [-0.39, 0.29) is 0 Å². The molecule has 0 aromatic heterocycles. The zero-order valence-electron chi connectivity index (χ0n) is 4.62. The standard InChI is InChI=1S/C4H8FNO3/c5-1-2(7)3(6)4(8)9/h2-3,7H,1,6H2,(H,8,9)/t2?,3-/m0/s1. The summed E-state index contributed by atoms with van der Waals surface area (Å²) in [5.74, 6) is -1.40. The van der Waals surface area contributed by atoms with Crippen LogP contribution in [0.1, 0.15) is 0 Å². The number of carbonyl (C=O) groups is 1. The zero-order valence-corrected chi connectivity index (χ0v) is 4.62. The molecule has 0 bridgehead atoms. The van der Waals surface area contributed by atoms with Gasteiger partial charge in [0.2, 0.25) is 0 Å². The van der Waals surface area contributed by atoms with Crippen LogP contribution in [0.15, 0.2) is 0 Å². The van der Waals surface area contributed by atoms with Crippen molar-refractivity contribution in [3.8, 4) is 0 Å². The average molecular weight is 137 g/mol. The maximum atomic E-state index is 11.4. The second-order valence-electron chi connectivity index (χ2n) is 1.59. The third-order valence-electron chi connectivity index (χ3n) is 0.858. The van der Waals surface area contributed by atoms with Crippen LogP contribution in [0.25, 0.3) is 0 Å². The zero-order chi connectivity index (χ0) is 7.44. The highest BCUT2D eigenvalue weighted by molar-refractivity contribution is 5.73. The summed E-state index contributed by atoms with van der Waals surface area (Å²) in [4.78, 5) is 9.85. The molecule has 0 spiro atoms. The van der Waals surface area contributed by atoms with Gasteiger partial charge in [0.1, 0.15) is 18.8 Å². The maximum Gasteiger partial charge on any atom is 0.323 e. The van der Waals surface area contributed by atoms with Crippen molar-refractivity contribution in [1.82, 2.24) is 0 Å². The normalized spacial score (nSPS) is 16.8. The van der Waals surface area contributed by atoms with Gasteiger partial charge in [0.25, 0.3) is 0 Å². The Morgan fingerprint density at radius 3 is 2.33 bits per heavy atom. The van der Waals surface area contributed by atoms with Gasteiger partial charge in [0.15, 0.2) is 0 Å². The SMILES string of the molecule is N[C@H](C(=O)O)C(O)CF. The fraction of sp³-hybridized carbons (Fsp3) is 0.750. The Balaban J connectivity index is 3.72. The highest BCUT2D eigenvalue weighted by Gasteiger charge is 2.20. The number of hydrogen-bond acceptors (Lipinski definition) is 3. The van der Waals surface area contributed by atoms with Gasteiger partial charge >= 0.3 is 5.97 Å². The van der Waals surface area contributed by atoms with E-state index in [0.29, 0.717) is 0 Å². The number of halogens is 1. The quantitative estimate of drug-likeness (QED) is 0.452. The van der Waals surface area contributed by atoms with Crippen molar-refractivity contribution in [3.05, 3.63) is 0 Å². The number of rotatable bonds is 3. The minimum Gasteiger partial charge on any atom is -0.480 e. The van der Waals surface area contributed by atoms with E-state index in [1.807, 2.05) is 0 Å². The Morgan fingerprint density at radius 1 is 1.78 bits per heavy atom. The molecule has 0 aliphatic carbocycles. The molecule has 5 heteroatoms. The van der Waals surface area contributed by atoms with Gasteiger partial charge in [0.05, 0.1) is 0 Å². The van der Waals surface area contributed by atoms with Gasteiger partial charge in [-0.15, -0.1) is 0 Å². The monoisotopic (exact) mass is 137 g/mol. The van der Waals surface area contributed by atoms with E-state index in [1.165, 1.54) is 0 Å². The third-order valence-corrected chi connectivity index (χ3v) is 0.858. The fourth-order valence-electron chi connectivity index (χ4n) is 0.261. The Kier molecular flexibility index (Phi) is 3.11. The third kappa shape index (κ3) is 2.39. The molecule has 0 radical (unpaired) electrons. The van der Waals surface area contributed by atoms with Crippen LogP contribution in [0, 0.1) is 0 Å². The number of aliphatic carboxylic acids is 1. The van der Waals surface area contributed by atoms with E-state index in [4.69, 9.17) is 15.9 Å². The number of hydrogen-bond donors (Lipinski definition) is 3. The number of nitrogens with two attached hydrogens (primary N) is 1. The van der Waals surface area contributed by atoms with Crippen molar-refractivity contribution in [2.45, 2.75) is 12.1 Å². The number of carboxylic acids is 1. The number of aliphatic hydroxyl groups is 1. The van der Waals surface area contributed by atoms with Gasteiger partial charge in [0, 0.05) is 0 Å². The minimum absolute atomic E-state index is 1.13. The molecule has 0 rings (SSSR count). The summed E-state index contributed by atoms with van der Waals surface area (Å²) in [5, 5.41) is 16.4. The molecular weight excluding hydrogens is 129 g/mol. The molecule has 0 saturated heterocycles. The van der Waals surface area contributed by atoms with Crippen LogP contribution >= 0.6 is 0 Å². The van der Waals surface area contributed by atoms with Gasteiger partial charge in [-0.25, -0.2) is 4.39 Å². The van der Waals surface area contributed by atoms with Crippen molar-refractivity contribution in [2.75, 3.05) is 6.67 Å². The molecule has 0 saturated carbocycles. The first kappa shape index (κ1) is 8.32. The highest BCUT2D eigenvalue weighted by atomic mass is 19.1. The van der Waals surface area contributed by atoms with E-state index in [0.717, 1.165) is 0 Å². The molecule has 0 aromatic rings. The Morgan fingerprint density at radius 2 is 2.22 bits per heavy atom. The van der Waals surface area contributed by atoms with Crippen LogP contribution in [-0.2, 0) is 4.79 Å². The summed E-state index contributed by atoms with van der Waals surface area (Å²) in [6, 6.07) is -1.52. The van der Waals surface area contributed by atoms with Gasteiger partial charge in [-0.2, -0.15) is 0 Å². The molecular formula is C4H8FNO3. The number of aliphatic hydroxyl groups excluding tert-OH is 1. The van der Waals surface area contributed by atoms with Crippen LogP contribution in [0.3, 0.4) is 0 Å². The maximum absolute atomic E-state index is 11.4. The lowest BCUT2D eigenvalue weighted by Gasteiger charge is -2.09. The predicted molar refractivity (Wildman–Crippen MR) is 27.6 cm³/mol. The Hall–Kier alpha value is -0.680. The topological polar surface area (TPSA) is 83.6 Å². The molecule has 0 aromatic carbocycles. The van der Waals surface area contributed by atoms with Crippen LogP contribution in [0.2, 0.25) is 0 Å². The molecule has 0 heterocycles. The molecule has 2 atom stereocenters. The lowest BCUT2D eigenvalue weighted by Crippen LogP contribution is -2.42. The largest absolute Gasteiger partial charge is 0.480 e. The summed E-state index contributed by atoms with van der Waals surface area (Å²) in [7, 11) is 0. The first-order chi connectivity index (χ1) is 4.09.